The van der Waals surface area contributed by atoms with Crippen LogP contribution in [0, 0.1) is 0 Å². The maximum Gasteiger partial charge on any atom is 0.256 e. The molecule has 0 aliphatic rings. The van der Waals surface area contributed by atoms with E-state index in [-0.39, 0.29) is 12.4 Å². The summed E-state index contributed by atoms with van der Waals surface area (Å²) in [6, 6.07) is 3.62. The minimum Gasteiger partial charge on any atom is -0.481 e. The zero-order chi connectivity index (χ0) is 13.0. The lowest BCUT2D eigenvalue weighted by molar-refractivity contribution is 0.141. The maximum absolute atomic E-state index is 9.43. The van der Waals surface area contributed by atoms with E-state index in [1.165, 1.54) is 0 Å². The molecule has 7 heteroatoms. The van der Waals surface area contributed by atoms with Gasteiger partial charge in [-0.3, -0.25) is 0 Å². The van der Waals surface area contributed by atoms with Crippen molar-refractivity contribution in [3.8, 4) is 5.88 Å². The molecule has 0 saturated heterocycles. The van der Waals surface area contributed by atoms with Crippen LogP contribution in [0.4, 0.5) is 0 Å². The van der Waals surface area contributed by atoms with E-state index in [0.29, 0.717) is 18.1 Å². The van der Waals surface area contributed by atoms with Gasteiger partial charge in [-0.15, -0.1) is 0 Å². The summed E-state index contributed by atoms with van der Waals surface area (Å²) in [5.74, 6) is 1.16. The summed E-state index contributed by atoms with van der Waals surface area (Å²) in [5, 5.41) is 13.2. The molecule has 0 bridgehead atoms. The fraction of sp³-hybridized carbons (Fsp3) is 0.364. The molecule has 0 saturated carbocycles. The fourth-order valence-electron chi connectivity index (χ4n) is 1.39. The van der Waals surface area contributed by atoms with Crippen LogP contribution < -0.4 is 10.5 Å². The van der Waals surface area contributed by atoms with E-state index >= 15 is 0 Å². The third-order valence-electron chi connectivity index (χ3n) is 2.36. The van der Waals surface area contributed by atoms with E-state index in [4.69, 9.17) is 15.0 Å². The number of ether oxygens (including phenoxy) is 1. The Hall–Kier alpha value is -1.99. The number of hydrogen-bond acceptors (Lipinski definition) is 7. The highest BCUT2D eigenvalue weighted by Crippen LogP contribution is 2.12. The van der Waals surface area contributed by atoms with Crippen LogP contribution in [-0.2, 0) is 6.42 Å². The Labute approximate surface area is 104 Å². The van der Waals surface area contributed by atoms with E-state index in [0.717, 1.165) is 5.56 Å². The first kappa shape index (κ1) is 12.5. The molecule has 0 fully saturated rings. The first-order chi connectivity index (χ1) is 8.72. The van der Waals surface area contributed by atoms with Crippen molar-refractivity contribution >= 4 is 0 Å². The van der Waals surface area contributed by atoms with E-state index in [9.17, 15) is 5.11 Å². The van der Waals surface area contributed by atoms with E-state index in [1.807, 2.05) is 6.07 Å². The third kappa shape index (κ3) is 2.82. The van der Waals surface area contributed by atoms with Gasteiger partial charge in [-0.2, -0.15) is 4.98 Å². The summed E-state index contributed by atoms with van der Waals surface area (Å²) in [4.78, 5) is 8.13. The van der Waals surface area contributed by atoms with Crippen LogP contribution in [0.1, 0.15) is 23.4 Å². The van der Waals surface area contributed by atoms with Crippen molar-refractivity contribution in [3.63, 3.8) is 0 Å². The number of methoxy groups -OCH3 is 1. The summed E-state index contributed by atoms with van der Waals surface area (Å²) in [5.41, 5.74) is 6.22. The first-order valence-corrected chi connectivity index (χ1v) is 5.42. The molecule has 0 aromatic carbocycles. The van der Waals surface area contributed by atoms with Crippen LogP contribution in [0.25, 0.3) is 0 Å². The smallest absolute Gasteiger partial charge is 0.256 e. The zero-order valence-electron chi connectivity index (χ0n) is 9.91. The van der Waals surface area contributed by atoms with Crippen LogP contribution in [-0.4, -0.2) is 33.9 Å². The van der Waals surface area contributed by atoms with Crippen molar-refractivity contribution in [1.29, 1.82) is 0 Å². The Kier molecular flexibility index (Phi) is 3.85. The Bertz CT molecular complexity index is 497. The topological polar surface area (TPSA) is 107 Å². The molecule has 2 aromatic rings. The van der Waals surface area contributed by atoms with Gasteiger partial charge in [0.05, 0.1) is 7.11 Å². The average molecular weight is 250 g/mol. The van der Waals surface area contributed by atoms with Crippen LogP contribution in [0.3, 0.4) is 0 Å². The average Bonchev–Trinajstić information content (AvgIpc) is 2.87. The number of rotatable bonds is 5. The van der Waals surface area contributed by atoms with Crippen molar-refractivity contribution in [2.24, 2.45) is 5.73 Å². The number of nitrogens with two attached hydrogens (primary N) is 1. The van der Waals surface area contributed by atoms with E-state index in [1.54, 1.807) is 19.4 Å². The molecule has 2 rings (SSSR count). The molecule has 18 heavy (non-hydrogen) atoms. The number of aliphatic hydroxyl groups excluding tert-OH is 1. The molecule has 7 nitrogen and oxygen atoms in total. The van der Waals surface area contributed by atoms with Gasteiger partial charge < -0.3 is 20.1 Å². The highest BCUT2D eigenvalue weighted by atomic mass is 16.5. The highest BCUT2D eigenvalue weighted by molar-refractivity contribution is 5.20. The lowest BCUT2D eigenvalue weighted by Gasteiger charge is -2.00. The monoisotopic (exact) mass is 250 g/mol. The van der Waals surface area contributed by atoms with Gasteiger partial charge in [-0.25, -0.2) is 4.98 Å². The van der Waals surface area contributed by atoms with Crippen molar-refractivity contribution in [2.75, 3.05) is 13.7 Å². The zero-order valence-corrected chi connectivity index (χ0v) is 9.91. The van der Waals surface area contributed by atoms with Gasteiger partial charge in [-0.1, -0.05) is 11.2 Å². The number of pyridine rings is 1. The fourth-order valence-corrected chi connectivity index (χ4v) is 1.39. The number of hydrogen-bond donors (Lipinski definition) is 2. The predicted octanol–water partition coefficient (Wildman–Crippen LogP) is 0.0561. The summed E-state index contributed by atoms with van der Waals surface area (Å²) in [6.07, 6.45) is 1.23. The Morgan fingerprint density at radius 3 is 2.94 bits per heavy atom. The molecular weight excluding hydrogens is 236 g/mol. The van der Waals surface area contributed by atoms with Gasteiger partial charge in [0.15, 0.2) is 5.82 Å². The Morgan fingerprint density at radius 2 is 2.33 bits per heavy atom. The van der Waals surface area contributed by atoms with Gasteiger partial charge in [0.2, 0.25) is 5.88 Å². The molecule has 0 amide bonds. The second-order valence-electron chi connectivity index (χ2n) is 3.69. The molecule has 1 atom stereocenters. The maximum atomic E-state index is 9.43. The molecule has 3 N–H and O–H groups in total. The molecule has 2 heterocycles. The van der Waals surface area contributed by atoms with Crippen LogP contribution in [0.5, 0.6) is 5.88 Å². The molecule has 0 unspecified atom stereocenters. The number of aromatic nitrogens is 3. The molecule has 2 aromatic heterocycles. The van der Waals surface area contributed by atoms with Crippen LogP contribution in [0.15, 0.2) is 22.9 Å². The summed E-state index contributed by atoms with van der Waals surface area (Å²) < 4.78 is 9.86. The third-order valence-corrected chi connectivity index (χ3v) is 2.36. The first-order valence-electron chi connectivity index (χ1n) is 5.42. The minimum absolute atomic E-state index is 0.0473. The molecule has 96 valence electrons. The minimum atomic E-state index is -0.916. The van der Waals surface area contributed by atoms with Gasteiger partial charge in [-0.05, 0) is 5.56 Å². The van der Waals surface area contributed by atoms with Crippen LogP contribution >= 0.6 is 0 Å². The quantitative estimate of drug-likeness (QED) is 0.772. The second-order valence-corrected chi connectivity index (χ2v) is 3.69. The van der Waals surface area contributed by atoms with E-state index in [2.05, 4.69) is 15.1 Å². The summed E-state index contributed by atoms with van der Waals surface area (Å²) in [7, 11) is 1.56. The van der Waals surface area contributed by atoms with Crippen molar-refractivity contribution in [1.82, 2.24) is 15.1 Å². The van der Waals surface area contributed by atoms with Crippen LogP contribution in [0.2, 0.25) is 0 Å². The van der Waals surface area contributed by atoms with Crippen molar-refractivity contribution in [3.05, 3.63) is 35.6 Å². The molecule has 0 aliphatic carbocycles. The van der Waals surface area contributed by atoms with Gasteiger partial charge in [0.1, 0.15) is 6.10 Å². The number of aliphatic hydroxyl groups is 1. The molecule has 0 radical (unpaired) electrons. The largest absolute Gasteiger partial charge is 0.481 e. The van der Waals surface area contributed by atoms with Crippen molar-refractivity contribution in [2.45, 2.75) is 12.5 Å². The Morgan fingerprint density at radius 1 is 1.50 bits per heavy atom. The standard InChI is InChI=1S/C11H14N4O3/c1-17-10-3-2-7(6-13-10)4-9-14-11(18-15-9)8(16)5-12/h2-3,6,8,16H,4-5,12H2,1H3/t8-/m0/s1. The molecule has 0 spiro atoms. The van der Waals surface area contributed by atoms with Gasteiger partial charge >= 0.3 is 0 Å². The predicted molar refractivity (Wildman–Crippen MR) is 61.9 cm³/mol. The van der Waals surface area contributed by atoms with Gasteiger partial charge in [0, 0.05) is 25.2 Å². The summed E-state index contributed by atoms with van der Waals surface area (Å²) in [6.45, 7) is 0.0473. The van der Waals surface area contributed by atoms with Crippen molar-refractivity contribution < 1.29 is 14.4 Å². The molecule has 0 aliphatic heterocycles. The second kappa shape index (κ2) is 5.56. The SMILES string of the molecule is COc1ccc(Cc2noc([C@@H](O)CN)n2)cn1. The van der Waals surface area contributed by atoms with E-state index < -0.39 is 6.10 Å². The molecular formula is C11H14N4O3. The Balaban J connectivity index is 2.06. The summed E-state index contributed by atoms with van der Waals surface area (Å²) >= 11 is 0. The number of nitrogens with zero attached hydrogens (tertiary/aromatic N) is 3. The lowest BCUT2D eigenvalue weighted by atomic mass is 10.2. The highest BCUT2D eigenvalue weighted by Gasteiger charge is 2.14. The lowest BCUT2D eigenvalue weighted by Crippen LogP contribution is -2.11. The normalized spacial score (nSPS) is 12.4. The van der Waals surface area contributed by atoms with Gasteiger partial charge in [0.25, 0.3) is 5.89 Å².